The zero-order valence-corrected chi connectivity index (χ0v) is 18.8. The SMILES string of the molecule is COC1=C(c2[c-]c[c-]cc2C)C(=O)N2CCCCCC12.[W].[Y]. The Morgan fingerprint density at radius 3 is 2.77 bits per heavy atom. The van der Waals surface area contributed by atoms with Crippen LogP contribution in [0.4, 0.5) is 0 Å². The van der Waals surface area contributed by atoms with Gasteiger partial charge < -0.3 is 9.64 Å². The van der Waals surface area contributed by atoms with Crippen LogP contribution in [0, 0.1) is 19.1 Å². The number of nitrogens with zero attached hydrogens (tertiary/aromatic N) is 1. The Hall–Kier alpha value is 0.0222. The van der Waals surface area contributed by atoms with Gasteiger partial charge in [0, 0.05) is 66.1 Å². The van der Waals surface area contributed by atoms with Gasteiger partial charge in [-0.3, -0.25) is 22.5 Å². The minimum absolute atomic E-state index is 0. The third-order valence-corrected chi connectivity index (χ3v) is 4.24. The summed E-state index contributed by atoms with van der Waals surface area (Å²) in [6.45, 7) is 2.82. The number of hydrogen-bond acceptors (Lipinski definition) is 2. The van der Waals surface area contributed by atoms with Crippen LogP contribution < -0.4 is 0 Å². The molecule has 0 aromatic heterocycles. The third kappa shape index (κ3) is 3.57. The van der Waals surface area contributed by atoms with E-state index in [9.17, 15) is 4.79 Å². The summed E-state index contributed by atoms with van der Waals surface area (Å²) < 4.78 is 5.62. The molecule has 0 aliphatic carbocycles. The Morgan fingerprint density at radius 1 is 1.32 bits per heavy atom. The summed E-state index contributed by atoms with van der Waals surface area (Å²) in [5, 5.41) is 0. The van der Waals surface area contributed by atoms with Gasteiger partial charge in [-0.2, -0.15) is 0 Å². The molecule has 1 amide bonds. The maximum absolute atomic E-state index is 12.8. The molecule has 0 saturated carbocycles. The zero-order valence-electron chi connectivity index (χ0n) is 13.0. The maximum atomic E-state index is 12.8. The maximum Gasteiger partial charge on any atom is 0.174 e. The van der Waals surface area contributed by atoms with E-state index < -0.39 is 0 Å². The summed E-state index contributed by atoms with van der Waals surface area (Å²) in [7, 11) is 1.67. The molecule has 1 unspecified atom stereocenters. The van der Waals surface area contributed by atoms with E-state index in [1.54, 1.807) is 13.2 Å². The Balaban J connectivity index is 0.00000121. The molecule has 115 valence electrons. The van der Waals surface area contributed by atoms with Crippen LogP contribution in [0.3, 0.4) is 0 Å². The van der Waals surface area contributed by atoms with Crippen molar-refractivity contribution in [2.75, 3.05) is 13.7 Å². The molecular formula is C17H19NO2WY-2. The molecule has 2 aliphatic heterocycles. The second-order valence-corrected chi connectivity index (χ2v) is 5.46. The minimum atomic E-state index is 0. The molecule has 1 saturated heterocycles. The van der Waals surface area contributed by atoms with Crippen molar-refractivity contribution in [3.05, 3.63) is 41.2 Å². The normalized spacial score (nSPS) is 20.7. The van der Waals surface area contributed by atoms with Gasteiger partial charge in [0.05, 0.1) is 13.2 Å². The van der Waals surface area contributed by atoms with Crippen molar-refractivity contribution in [3.8, 4) is 0 Å². The van der Waals surface area contributed by atoms with Gasteiger partial charge in [0.1, 0.15) is 0 Å². The fourth-order valence-corrected chi connectivity index (χ4v) is 3.24. The van der Waals surface area contributed by atoms with Crippen LogP contribution in [0.25, 0.3) is 5.57 Å². The molecule has 0 N–H and O–H groups in total. The van der Waals surface area contributed by atoms with Crippen molar-refractivity contribution in [2.24, 2.45) is 0 Å². The third-order valence-electron chi connectivity index (χ3n) is 4.24. The molecule has 2 heterocycles. The fourth-order valence-electron chi connectivity index (χ4n) is 3.24. The fraction of sp³-hybridized carbons (Fsp3) is 0.471. The molecule has 1 fully saturated rings. The number of amides is 1. The Labute approximate surface area is 172 Å². The van der Waals surface area contributed by atoms with Crippen LogP contribution in [-0.4, -0.2) is 30.5 Å². The smallest absolute Gasteiger partial charge is 0.174 e. The molecule has 1 radical (unpaired) electrons. The van der Waals surface area contributed by atoms with Crippen LogP contribution in [0.5, 0.6) is 0 Å². The summed E-state index contributed by atoms with van der Waals surface area (Å²) >= 11 is 0. The van der Waals surface area contributed by atoms with Crippen molar-refractivity contribution < 1.29 is 63.3 Å². The summed E-state index contributed by atoms with van der Waals surface area (Å²) in [4.78, 5) is 14.7. The number of methoxy groups -OCH3 is 1. The van der Waals surface area contributed by atoms with Gasteiger partial charge in [-0.05, 0) is 12.8 Å². The number of hydrogen-bond donors (Lipinski definition) is 0. The predicted molar refractivity (Wildman–Crippen MR) is 76.7 cm³/mol. The summed E-state index contributed by atoms with van der Waals surface area (Å²) in [5.74, 6) is 0.918. The van der Waals surface area contributed by atoms with Gasteiger partial charge in [-0.25, -0.2) is 17.7 Å². The zero-order chi connectivity index (χ0) is 14.1. The first-order chi connectivity index (χ1) is 9.74. The minimum Gasteiger partial charge on any atom is -0.517 e. The molecular weight excluding hydrogens is 523 g/mol. The second-order valence-electron chi connectivity index (χ2n) is 5.46. The van der Waals surface area contributed by atoms with Crippen molar-refractivity contribution >= 4 is 11.5 Å². The molecule has 2 aliphatic rings. The number of benzene rings is 1. The predicted octanol–water partition coefficient (Wildman–Crippen LogP) is 2.73. The number of ether oxygens (including phenoxy) is 1. The molecule has 1 aromatic rings. The van der Waals surface area contributed by atoms with Crippen LogP contribution in [0.1, 0.15) is 36.8 Å². The Kier molecular flexibility index (Phi) is 7.99. The van der Waals surface area contributed by atoms with Crippen LogP contribution >= 0.6 is 0 Å². The molecule has 3 nitrogen and oxygen atoms in total. The van der Waals surface area contributed by atoms with E-state index >= 15 is 0 Å². The first-order valence-corrected chi connectivity index (χ1v) is 7.22. The molecule has 1 atom stereocenters. The van der Waals surface area contributed by atoms with E-state index in [0.717, 1.165) is 42.7 Å². The average Bonchev–Trinajstić information content (AvgIpc) is 2.62. The van der Waals surface area contributed by atoms with E-state index in [4.69, 9.17) is 4.74 Å². The van der Waals surface area contributed by atoms with E-state index in [0.29, 0.717) is 5.57 Å². The van der Waals surface area contributed by atoms with Crippen molar-refractivity contribution in [3.63, 3.8) is 0 Å². The van der Waals surface area contributed by atoms with Gasteiger partial charge in [0.2, 0.25) is 0 Å². The number of aryl methyl sites for hydroxylation is 1. The van der Waals surface area contributed by atoms with Crippen molar-refractivity contribution in [1.82, 2.24) is 4.90 Å². The first-order valence-electron chi connectivity index (χ1n) is 7.22. The Bertz CT molecular complexity index is 574. The topological polar surface area (TPSA) is 29.5 Å². The van der Waals surface area contributed by atoms with E-state index in [1.165, 1.54) is 6.42 Å². The second kappa shape index (κ2) is 8.76. The van der Waals surface area contributed by atoms with Crippen molar-refractivity contribution in [2.45, 2.75) is 38.6 Å². The standard InChI is InChI=1S/C17H19NO2.W.Y/c1-12-8-5-6-9-13(12)15-16(20-2)14-10-4-3-7-11-18(14)17(15)19;;/h6,8,14H,3-4,7,10-11H2,1-2H3;;/q-2;;. The number of carbonyl (C=O) groups excluding carboxylic acids is 1. The summed E-state index contributed by atoms with van der Waals surface area (Å²) in [6.07, 6.45) is 4.42. The van der Waals surface area contributed by atoms with Gasteiger partial charge in [-0.15, -0.1) is 6.92 Å². The average molecular weight is 542 g/mol. The van der Waals surface area contributed by atoms with Crippen LogP contribution in [-0.2, 0) is 63.3 Å². The molecule has 5 heteroatoms. The van der Waals surface area contributed by atoms with Gasteiger partial charge in [-0.1, -0.05) is 18.4 Å². The van der Waals surface area contributed by atoms with Gasteiger partial charge in [0.25, 0.3) is 0 Å². The van der Waals surface area contributed by atoms with Gasteiger partial charge in [0.15, 0.2) is 5.91 Å². The monoisotopic (exact) mass is 542 g/mol. The Morgan fingerprint density at radius 2 is 2.09 bits per heavy atom. The van der Waals surface area contributed by atoms with Crippen LogP contribution in [0.2, 0.25) is 0 Å². The summed E-state index contributed by atoms with van der Waals surface area (Å²) in [5.41, 5.74) is 2.58. The molecule has 22 heavy (non-hydrogen) atoms. The number of fused-ring (bicyclic) bond motifs is 1. The largest absolute Gasteiger partial charge is 0.517 e. The number of carbonyl (C=O) groups is 1. The molecule has 0 bridgehead atoms. The van der Waals surface area contributed by atoms with Crippen LogP contribution in [0.15, 0.2) is 17.9 Å². The summed E-state index contributed by atoms with van der Waals surface area (Å²) in [6, 6.07) is 9.90. The van der Waals surface area contributed by atoms with E-state index in [1.807, 2.05) is 17.9 Å². The van der Waals surface area contributed by atoms with Crippen molar-refractivity contribution in [1.29, 1.82) is 0 Å². The molecule has 0 spiro atoms. The first kappa shape index (κ1) is 20.1. The van der Waals surface area contributed by atoms with E-state index in [2.05, 4.69) is 12.1 Å². The number of rotatable bonds is 2. The van der Waals surface area contributed by atoms with E-state index in [-0.39, 0.29) is 65.7 Å². The molecule has 1 aromatic carbocycles. The molecule has 3 rings (SSSR count). The van der Waals surface area contributed by atoms with Gasteiger partial charge >= 0.3 is 0 Å². The quantitative estimate of drug-likeness (QED) is 0.539.